The van der Waals surface area contributed by atoms with Crippen molar-refractivity contribution in [3.05, 3.63) is 34.9 Å². The Morgan fingerprint density at radius 2 is 2.29 bits per heavy atom. The molecular formula is C13H17N. The van der Waals surface area contributed by atoms with Crippen molar-refractivity contribution in [2.75, 3.05) is 6.54 Å². The maximum Gasteiger partial charge on any atom is 0.0294 e. The molecule has 2 unspecified atom stereocenters. The predicted octanol–water partition coefficient (Wildman–Crippen LogP) is 2.77. The van der Waals surface area contributed by atoms with E-state index in [-0.39, 0.29) is 0 Å². The summed E-state index contributed by atoms with van der Waals surface area (Å²) >= 11 is 0. The van der Waals surface area contributed by atoms with Crippen molar-refractivity contribution in [3.8, 4) is 0 Å². The maximum absolute atomic E-state index is 3.60. The van der Waals surface area contributed by atoms with Gasteiger partial charge in [-0.15, -0.1) is 0 Å². The van der Waals surface area contributed by atoms with Crippen LogP contribution in [0.25, 0.3) is 0 Å². The average Bonchev–Trinajstić information content (AvgIpc) is 2.24. The molecule has 1 aromatic rings. The van der Waals surface area contributed by atoms with Crippen LogP contribution in [0.4, 0.5) is 0 Å². The molecule has 0 fully saturated rings. The summed E-state index contributed by atoms with van der Waals surface area (Å²) in [6.45, 7) is 3.46. The first-order chi connectivity index (χ1) is 6.86. The van der Waals surface area contributed by atoms with Crippen LogP contribution >= 0.6 is 0 Å². The summed E-state index contributed by atoms with van der Waals surface area (Å²) in [5.41, 5.74) is 4.86. The smallest absolute Gasteiger partial charge is 0.0294 e. The van der Waals surface area contributed by atoms with Crippen LogP contribution in [0.2, 0.25) is 0 Å². The fraction of sp³-hybridized carbons (Fsp3) is 0.538. The normalized spacial score (nSPS) is 29.8. The lowest BCUT2D eigenvalue weighted by Crippen LogP contribution is -2.33. The zero-order valence-corrected chi connectivity index (χ0v) is 8.72. The van der Waals surface area contributed by atoms with Gasteiger partial charge in [0.25, 0.3) is 0 Å². The van der Waals surface area contributed by atoms with E-state index in [1.54, 1.807) is 16.7 Å². The molecule has 2 atom stereocenters. The minimum absolute atomic E-state index is 0.555. The van der Waals surface area contributed by atoms with Gasteiger partial charge in [0, 0.05) is 12.6 Å². The second-order valence-corrected chi connectivity index (χ2v) is 4.64. The summed E-state index contributed by atoms with van der Waals surface area (Å²) in [5.74, 6) is 0.797. The lowest BCUT2D eigenvalue weighted by Gasteiger charge is -2.35. The molecule has 1 aliphatic carbocycles. The van der Waals surface area contributed by atoms with Gasteiger partial charge in [-0.05, 0) is 48.8 Å². The van der Waals surface area contributed by atoms with Crippen molar-refractivity contribution in [2.24, 2.45) is 0 Å². The van der Waals surface area contributed by atoms with Gasteiger partial charge in [0.2, 0.25) is 0 Å². The molecule has 0 radical (unpaired) electrons. The van der Waals surface area contributed by atoms with Crippen LogP contribution in [0.3, 0.4) is 0 Å². The van der Waals surface area contributed by atoms with Gasteiger partial charge in [0.05, 0.1) is 0 Å². The molecule has 1 heteroatoms. The SMILES string of the molecule is CC1NCC2CCCc3cccc1c32. The summed E-state index contributed by atoms with van der Waals surface area (Å²) in [6.07, 6.45) is 4.05. The Morgan fingerprint density at radius 3 is 3.21 bits per heavy atom. The molecule has 0 bridgehead atoms. The third-order valence-corrected chi connectivity index (χ3v) is 3.77. The molecule has 1 aromatic carbocycles. The van der Waals surface area contributed by atoms with Crippen LogP contribution in [-0.2, 0) is 6.42 Å². The van der Waals surface area contributed by atoms with Gasteiger partial charge in [-0.25, -0.2) is 0 Å². The van der Waals surface area contributed by atoms with Gasteiger partial charge in [-0.3, -0.25) is 0 Å². The topological polar surface area (TPSA) is 12.0 Å². The van der Waals surface area contributed by atoms with Gasteiger partial charge in [0.1, 0.15) is 0 Å². The van der Waals surface area contributed by atoms with Crippen molar-refractivity contribution in [3.63, 3.8) is 0 Å². The number of nitrogens with one attached hydrogen (secondary N) is 1. The second-order valence-electron chi connectivity index (χ2n) is 4.64. The number of hydrogen-bond acceptors (Lipinski definition) is 1. The van der Waals surface area contributed by atoms with Crippen LogP contribution in [0.15, 0.2) is 18.2 Å². The fourth-order valence-electron chi connectivity index (χ4n) is 3.04. The molecule has 2 aliphatic rings. The standard InChI is InChI=1S/C13H17N/c1-9-12-7-3-5-10-4-2-6-11(8-14-9)13(10)12/h3,5,7,9,11,14H,2,4,6,8H2,1H3. The number of hydrogen-bond donors (Lipinski definition) is 1. The maximum atomic E-state index is 3.60. The van der Waals surface area contributed by atoms with Crippen molar-refractivity contribution in [1.29, 1.82) is 0 Å². The van der Waals surface area contributed by atoms with E-state index >= 15 is 0 Å². The molecule has 0 spiro atoms. The Kier molecular flexibility index (Phi) is 1.88. The van der Waals surface area contributed by atoms with Crippen molar-refractivity contribution >= 4 is 0 Å². The molecular weight excluding hydrogens is 170 g/mol. The van der Waals surface area contributed by atoms with E-state index < -0.39 is 0 Å². The summed E-state index contributed by atoms with van der Waals surface area (Å²) < 4.78 is 0. The van der Waals surface area contributed by atoms with E-state index in [9.17, 15) is 0 Å². The zero-order valence-electron chi connectivity index (χ0n) is 8.72. The Hall–Kier alpha value is -0.820. The number of benzene rings is 1. The number of aryl methyl sites for hydroxylation is 1. The molecule has 0 aromatic heterocycles. The van der Waals surface area contributed by atoms with E-state index in [0.717, 1.165) is 5.92 Å². The van der Waals surface area contributed by atoms with Gasteiger partial charge >= 0.3 is 0 Å². The van der Waals surface area contributed by atoms with Crippen LogP contribution in [0.1, 0.15) is 48.4 Å². The highest BCUT2D eigenvalue weighted by Crippen LogP contribution is 2.38. The molecule has 1 nitrogen and oxygen atoms in total. The molecule has 0 amide bonds. The molecule has 74 valence electrons. The molecule has 0 saturated heterocycles. The van der Waals surface area contributed by atoms with Gasteiger partial charge in [0.15, 0.2) is 0 Å². The molecule has 1 heterocycles. The quantitative estimate of drug-likeness (QED) is 0.658. The van der Waals surface area contributed by atoms with Gasteiger partial charge < -0.3 is 5.32 Å². The lowest BCUT2D eigenvalue weighted by molar-refractivity contribution is 0.433. The largest absolute Gasteiger partial charge is 0.310 e. The summed E-state index contributed by atoms with van der Waals surface area (Å²) in [4.78, 5) is 0. The lowest BCUT2D eigenvalue weighted by atomic mass is 9.76. The summed E-state index contributed by atoms with van der Waals surface area (Å²) in [5, 5.41) is 3.60. The summed E-state index contributed by atoms with van der Waals surface area (Å²) in [7, 11) is 0. The Labute approximate surface area is 85.5 Å². The Balaban J connectivity index is 2.19. The highest BCUT2D eigenvalue weighted by atomic mass is 14.9. The monoisotopic (exact) mass is 187 g/mol. The third-order valence-electron chi connectivity index (χ3n) is 3.77. The van der Waals surface area contributed by atoms with Crippen LogP contribution < -0.4 is 5.32 Å². The fourth-order valence-corrected chi connectivity index (χ4v) is 3.04. The van der Waals surface area contributed by atoms with Crippen LogP contribution in [0, 0.1) is 0 Å². The first-order valence-electron chi connectivity index (χ1n) is 5.71. The van der Waals surface area contributed by atoms with E-state index in [2.05, 4.69) is 30.4 Å². The van der Waals surface area contributed by atoms with E-state index in [1.165, 1.54) is 25.8 Å². The van der Waals surface area contributed by atoms with Crippen LogP contribution in [0.5, 0.6) is 0 Å². The molecule has 0 saturated carbocycles. The first kappa shape index (κ1) is 8.49. The average molecular weight is 187 g/mol. The van der Waals surface area contributed by atoms with Gasteiger partial charge in [-0.1, -0.05) is 18.2 Å². The van der Waals surface area contributed by atoms with E-state index in [4.69, 9.17) is 0 Å². The Morgan fingerprint density at radius 1 is 1.36 bits per heavy atom. The highest BCUT2D eigenvalue weighted by Gasteiger charge is 2.28. The first-order valence-corrected chi connectivity index (χ1v) is 5.71. The van der Waals surface area contributed by atoms with Crippen molar-refractivity contribution < 1.29 is 0 Å². The predicted molar refractivity (Wildman–Crippen MR) is 58.5 cm³/mol. The summed E-state index contributed by atoms with van der Waals surface area (Å²) in [6, 6.07) is 7.40. The third kappa shape index (κ3) is 1.12. The molecule has 3 rings (SSSR count). The van der Waals surface area contributed by atoms with Gasteiger partial charge in [-0.2, -0.15) is 0 Å². The minimum Gasteiger partial charge on any atom is -0.310 e. The Bertz CT molecular complexity index is 356. The van der Waals surface area contributed by atoms with E-state index in [1.807, 2.05) is 0 Å². The zero-order chi connectivity index (χ0) is 9.54. The molecule has 14 heavy (non-hydrogen) atoms. The molecule has 1 N–H and O–H groups in total. The second kappa shape index (κ2) is 3.09. The minimum atomic E-state index is 0.555. The molecule has 1 aliphatic heterocycles. The van der Waals surface area contributed by atoms with E-state index in [0.29, 0.717) is 6.04 Å². The number of rotatable bonds is 0. The van der Waals surface area contributed by atoms with Crippen molar-refractivity contribution in [2.45, 2.75) is 38.1 Å². The van der Waals surface area contributed by atoms with Crippen LogP contribution in [-0.4, -0.2) is 6.54 Å². The highest BCUT2D eigenvalue weighted by molar-refractivity contribution is 5.43. The van der Waals surface area contributed by atoms with Crippen molar-refractivity contribution in [1.82, 2.24) is 5.32 Å².